The Kier molecular flexibility index (Phi) is 3.94. The maximum atomic E-state index is 5.97. The third-order valence-electron chi connectivity index (χ3n) is 3.64. The molecule has 1 N–H and O–H groups in total. The van der Waals surface area contributed by atoms with Crippen molar-refractivity contribution in [3.8, 4) is 11.5 Å². The van der Waals surface area contributed by atoms with Gasteiger partial charge in [0.05, 0.1) is 17.9 Å². The molecule has 0 radical (unpaired) electrons. The normalized spacial score (nSPS) is 19.0. The first-order valence-corrected chi connectivity index (χ1v) is 7.30. The Bertz CT molecular complexity index is 591. The summed E-state index contributed by atoms with van der Waals surface area (Å²) in [6.07, 6.45) is 4.13. The quantitative estimate of drug-likeness (QED) is 0.940. The van der Waals surface area contributed by atoms with Gasteiger partial charge in [0.25, 0.3) is 0 Å². The second kappa shape index (κ2) is 5.85. The van der Waals surface area contributed by atoms with E-state index in [0.717, 1.165) is 36.7 Å². The van der Waals surface area contributed by atoms with Gasteiger partial charge in [0.1, 0.15) is 5.75 Å². The molecule has 1 aliphatic rings. The second-order valence-corrected chi connectivity index (χ2v) is 5.53. The molecule has 1 saturated heterocycles. The highest BCUT2D eigenvalue weighted by Crippen LogP contribution is 2.29. The third kappa shape index (κ3) is 2.81. The summed E-state index contributed by atoms with van der Waals surface area (Å²) in [4.78, 5) is 0. The van der Waals surface area contributed by atoms with Gasteiger partial charge in [-0.05, 0) is 44.5 Å². The molecule has 0 saturated carbocycles. The zero-order chi connectivity index (χ0) is 13.9. The minimum Gasteiger partial charge on any atom is -0.454 e. The first kappa shape index (κ1) is 13.5. The van der Waals surface area contributed by atoms with E-state index in [2.05, 4.69) is 15.1 Å². The van der Waals surface area contributed by atoms with E-state index >= 15 is 0 Å². The van der Waals surface area contributed by atoms with Gasteiger partial charge in [0.15, 0.2) is 5.75 Å². The number of rotatable bonds is 3. The molecule has 0 spiro atoms. The standard InChI is InChI=1S/C15H18ClN3O/c1-11-15(20-14-6-2-4-12(16)8-14)10-18-19(11)13-5-3-7-17-9-13/h2,4,6,8,10,13,17H,3,5,7,9H2,1H3. The first-order chi connectivity index (χ1) is 9.74. The lowest BCUT2D eigenvalue weighted by Crippen LogP contribution is -2.32. The van der Waals surface area contributed by atoms with Crippen molar-refractivity contribution in [3.05, 3.63) is 41.2 Å². The highest BCUT2D eigenvalue weighted by Gasteiger charge is 2.19. The number of halogens is 1. The first-order valence-electron chi connectivity index (χ1n) is 6.92. The fraction of sp³-hybridized carbons (Fsp3) is 0.400. The zero-order valence-corrected chi connectivity index (χ0v) is 12.2. The molecule has 106 valence electrons. The monoisotopic (exact) mass is 291 g/mol. The van der Waals surface area contributed by atoms with Crippen molar-refractivity contribution >= 4 is 11.6 Å². The maximum absolute atomic E-state index is 5.97. The molecule has 1 aromatic carbocycles. The lowest BCUT2D eigenvalue weighted by molar-refractivity contribution is 0.340. The summed E-state index contributed by atoms with van der Waals surface area (Å²) in [6.45, 7) is 4.11. The number of ether oxygens (including phenoxy) is 1. The van der Waals surface area contributed by atoms with Gasteiger partial charge in [-0.15, -0.1) is 0 Å². The Morgan fingerprint density at radius 2 is 2.35 bits per heavy atom. The van der Waals surface area contributed by atoms with E-state index in [1.54, 1.807) is 12.3 Å². The van der Waals surface area contributed by atoms with Crippen LogP contribution in [-0.4, -0.2) is 22.9 Å². The Balaban J connectivity index is 1.79. The summed E-state index contributed by atoms with van der Waals surface area (Å²) < 4.78 is 7.93. The van der Waals surface area contributed by atoms with Gasteiger partial charge in [-0.2, -0.15) is 5.10 Å². The van der Waals surface area contributed by atoms with Crippen molar-refractivity contribution in [3.63, 3.8) is 0 Å². The van der Waals surface area contributed by atoms with Gasteiger partial charge in [-0.1, -0.05) is 17.7 Å². The van der Waals surface area contributed by atoms with Crippen LogP contribution in [0.5, 0.6) is 11.5 Å². The van der Waals surface area contributed by atoms with Crippen molar-refractivity contribution < 1.29 is 4.74 Å². The Morgan fingerprint density at radius 1 is 1.45 bits per heavy atom. The highest BCUT2D eigenvalue weighted by molar-refractivity contribution is 6.30. The van der Waals surface area contributed by atoms with Gasteiger partial charge in [0.2, 0.25) is 0 Å². The van der Waals surface area contributed by atoms with E-state index in [0.29, 0.717) is 11.1 Å². The topological polar surface area (TPSA) is 39.1 Å². The molecule has 1 atom stereocenters. The molecule has 3 rings (SSSR count). The summed E-state index contributed by atoms with van der Waals surface area (Å²) in [5.41, 5.74) is 1.05. The van der Waals surface area contributed by atoms with Crippen LogP contribution in [0.25, 0.3) is 0 Å². The van der Waals surface area contributed by atoms with Gasteiger partial charge in [-0.3, -0.25) is 4.68 Å². The van der Waals surface area contributed by atoms with E-state index in [9.17, 15) is 0 Å². The summed E-state index contributed by atoms with van der Waals surface area (Å²) in [7, 11) is 0. The number of benzene rings is 1. The molecule has 1 aromatic heterocycles. The number of hydrogen-bond donors (Lipinski definition) is 1. The Morgan fingerprint density at radius 3 is 3.10 bits per heavy atom. The van der Waals surface area contributed by atoms with E-state index < -0.39 is 0 Å². The summed E-state index contributed by atoms with van der Waals surface area (Å²) in [6, 6.07) is 7.83. The molecular formula is C15H18ClN3O. The third-order valence-corrected chi connectivity index (χ3v) is 3.88. The average molecular weight is 292 g/mol. The number of nitrogens with zero attached hydrogens (tertiary/aromatic N) is 2. The number of aromatic nitrogens is 2. The van der Waals surface area contributed by atoms with Gasteiger partial charge >= 0.3 is 0 Å². The molecule has 0 aliphatic carbocycles. The SMILES string of the molecule is Cc1c(Oc2cccc(Cl)c2)cnn1C1CCCNC1. The fourth-order valence-electron chi connectivity index (χ4n) is 2.58. The van der Waals surface area contributed by atoms with Crippen molar-refractivity contribution in [2.75, 3.05) is 13.1 Å². The highest BCUT2D eigenvalue weighted by atomic mass is 35.5. The van der Waals surface area contributed by atoms with Crippen LogP contribution >= 0.6 is 11.6 Å². The molecule has 1 unspecified atom stereocenters. The summed E-state index contributed by atoms with van der Waals surface area (Å²) in [5, 5.41) is 8.55. The van der Waals surface area contributed by atoms with Crippen LogP contribution in [0.2, 0.25) is 5.02 Å². The predicted molar refractivity (Wildman–Crippen MR) is 79.6 cm³/mol. The zero-order valence-electron chi connectivity index (χ0n) is 11.5. The van der Waals surface area contributed by atoms with E-state index in [-0.39, 0.29) is 0 Å². The molecule has 5 heteroatoms. The van der Waals surface area contributed by atoms with Crippen molar-refractivity contribution in [2.24, 2.45) is 0 Å². The Labute approximate surface area is 123 Å². The minimum absolute atomic E-state index is 0.417. The number of hydrogen-bond acceptors (Lipinski definition) is 3. The van der Waals surface area contributed by atoms with Crippen LogP contribution in [0.4, 0.5) is 0 Å². The van der Waals surface area contributed by atoms with Crippen LogP contribution < -0.4 is 10.1 Å². The second-order valence-electron chi connectivity index (χ2n) is 5.10. The predicted octanol–water partition coefficient (Wildman–Crippen LogP) is 3.56. The smallest absolute Gasteiger partial charge is 0.168 e. The molecule has 1 fully saturated rings. The van der Waals surface area contributed by atoms with Crippen molar-refractivity contribution in [2.45, 2.75) is 25.8 Å². The number of nitrogens with one attached hydrogen (secondary N) is 1. The molecule has 0 bridgehead atoms. The van der Waals surface area contributed by atoms with Crippen LogP contribution in [0.15, 0.2) is 30.5 Å². The molecule has 2 heterocycles. The number of piperidine rings is 1. The van der Waals surface area contributed by atoms with E-state index in [1.165, 1.54) is 6.42 Å². The molecule has 2 aromatic rings. The van der Waals surface area contributed by atoms with Gasteiger partial charge in [-0.25, -0.2) is 0 Å². The van der Waals surface area contributed by atoms with E-state index in [1.807, 2.05) is 25.1 Å². The van der Waals surface area contributed by atoms with Crippen molar-refractivity contribution in [1.82, 2.24) is 15.1 Å². The lowest BCUT2D eigenvalue weighted by Gasteiger charge is -2.24. The van der Waals surface area contributed by atoms with Crippen LogP contribution in [-0.2, 0) is 0 Å². The van der Waals surface area contributed by atoms with Gasteiger partial charge in [0, 0.05) is 11.6 Å². The minimum atomic E-state index is 0.417. The maximum Gasteiger partial charge on any atom is 0.168 e. The molecular weight excluding hydrogens is 274 g/mol. The fourth-order valence-corrected chi connectivity index (χ4v) is 2.76. The van der Waals surface area contributed by atoms with Crippen LogP contribution in [0.1, 0.15) is 24.6 Å². The van der Waals surface area contributed by atoms with Crippen molar-refractivity contribution in [1.29, 1.82) is 0 Å². The lowest BCUT2D eigenvalue weighted by atomic mass is 10.1. The van der Waals surface area contributed by atoms with Gasteiger partial charge < -0.3 is 10.1 Å². The molecule has 0 amide bonds. The van der Waals surface area contributed by atoms with E-state index in [4.69, 9.17) is 16.3 Å². The summed E-state index contributed by atoms with van der Waals surface area (Å²) >= 11 is 5.97. The molecule has 1 aliphatic heterocycles. The molecule has 4 nitrogen and oxygen atoms in total. The van der Waals surface area contributed by atoms with Crippen LogP contribution in [0, 0.1) is 6.92 Å². The molecule has 20 heavy (non-hydrogen) atoms. The average Bonchev–Trinajstić information content (AvgIpc) is 2.81. The largest absolute Gasteiger partial charge is 0.454 e. The van der Waals surface area contributed by atoms with Crippen LogP contribution in [0.3, 0.4) is 0 Å². The Hall–Kier alpha value is -1.52. The summed E-state index contributed by atoms with van der Waals surface area (Å²) in [5.74, 6) is 1.53.